The van der Waals surface area contributed by atoms with Gasteiger partial charge < -0.3 is 9.73 Å². The fourth-order valence-corrected chi connectivity index (χ4v) is 3.91. The van der Waals surface area contributed by atoms with E-state index < -0.39 is 21.0 Å². The normalized spacial score (nSPS) is 13.0. The van der Waals surface area contributed by atoms with Crippen LogP contribution in [-0.2, 0) is 20.4 Å². The van der Waals surface area contributed by atoms with Crippen LogP contribution >= 0.6 is 11.3 Å². The molecular formula is C14H18N2O4S2. The maximum Gasteiger partial charge on any atom is 0.238 e. The summed E-state index contributed by atoms with van der Waals surface area (Å²) in [5, 5.41) is 3.91. The molecule has 0 aliphatic heterocycles. The van der Waals surface area contributed by atoms with Crippen LogP contribution in [0.1, 0.15) is 26.0 Å². The van der Waals surface area contributed by atoms with Crippen molar-refractivity contribution in [2.24, 2.45) is 0 Å². The van der Waals surface area contributed by atoms with Crippen LogP contribution in [0.15, 0.2) is 28.4 Å². The van der Waals surface area contributed by atoms with Gasteiger partial charge in [0, 0.05) is 17.5 Å². The van der Waals surface area contributed by atoms with Gasteiger partial charge in [0.2, 0.25) is 5.91 Å². The Hall–Kier alpha value is -1.67. The number of nitrogens with one attached hydrogen (secondary N) is 1. The van der Waals surface area contributed by atoms with E-state index >= 15 is 0 Å². The van der Waals surface area contributed by atoms with Gasteiger partial charge in [-0.15, -0.1) is 11.3 Å². The number of sulfone groups is 1. The first kappa shape index (κ1) is 16.7. The minimum atomic E-state index is -3.59. The van der Waals surface area contributed by atoms with Crippen LogP contribution in [-0.4, -0.2) is 31.1 Å². The van der Waals surface area contributed by atoms with Gasteiger partial charge in [0.25, 0.3) is 0 Å². The predicted molar refractivity (Wildman–Crippen MR) is 85.2 cm³/mol. The molecule has 6 nitrogen and oxygen atoms in total. The van der Waals surface area contributed by atoms with Crippen molar-refractivity contribution in [3.05, 3.63) is 29.7 Å². The van der Waals surface area contributed by atoms with Gasteiger partial charge in [0.1, 0.15) is 16.5 Å². The van der Waals surface area contributed by atoms with Crippen molar-refractivity contribution >= 4 is 27.1 Å². The average molecular weight is 342 g/mol. The highest BCUT2D eigenvalue weighted by molar-refractivity contribution is 7.92. The van der Waals surface area contributed by atoms with Gasteiger partial charge in [-0.25, -0.2) is 13.4 Å². The lowest BCUT2D eigenvalue weighted by molar-refractivity contribution is -0.120. The molecule has 1 N–H and O–H groups in total. The molecule has 22 heavy (non-hydrogen) atoms. The largest absolute Gasteiger partial charge is 0.472 e. The van der Waals surface area contributed by atoms with E-state index in [1.54, 1.807) is 17.7 Å². The molecule has 0 saturated heterocycles. The van der Waals surface area contributed by atoms with E-state index in [0.717, 1.165) is 12.0 Å². The Labute approximate surface area is 133 Å². The number of hydrogen-bond acceptors (Lipinski definition) is 6. The molecule has 8 heteroatoms. The summed E-state index contributed by atoms with van der Waals surface area (Å²) in [6.07, 6.45) is 3.85. The third-order valence-corrected chi connectivity index (χ3v) is 6.06. The van der Waals surface area contributed by atoms with E-state index in [1.165, 1.54) is 24.5 Å². The second-order valence-electron chi connectivity index (χ2n) is 4.90. The molecule has 1 atom stereocenters. The zero-order valence-corrected chi connectivity index (χ0v) is 14.0. The Morgan fingerprint density at radius 2 is 2.27 bits per heavy atom. The number of amides is 1. The molecule has 0 radical (unpaired) electrons. The molecule has 0 aromatic carbocycles. The highest BCUT2D eigenvalue weighted by Gasteiger charge is 2.28. The molecule has 0 aliphatic carbocycles. The number of hydrogen-bond donors (Lipinski definition) is 1. The third kappa shape index (κ3) is 3.95. The van der Waals surface area contributed by atoms with Gasteiger partial charge in [-0.1, -0.05) is 6.92 Å². The van der Waals surface area contributed by atoms with Crippen molar-refractivity contribution in [3.63, 3.8) is 0 Å². The maximum absolute atomic E-state index is 12.3. The van der Waals surface area contributed by atoms with Crippen LogP contribution in [0.2, 0.25) is 0 Å². The monoisotopic (exact) mass is 342 g/mol. The summed E-state index contributed by atoms with van der Waals surface area (Å²) in [4.78, 5) is 16.1. The van der Waals surface area contributed by atoms with Gasteiger partial charge in [-0.2, -0.15) is 0 Å². The van der Waals surface area contributed by atoms with Gasteiger partial charge in [-0.3, -0.25) is 4.79 Å². The molecule has 1 amide bonds. The Balaban J connectivity index is 2.07. The van der Waals surface area contributed by atoms with Gasteiger partial charge in [-0.05, 0) is 19.4 Å². The number of furan rings is 1. The third-order valence-electron chi connectivity index (χ3n) is 3.13. The number of thiazole rings is 1. The summed E-state index contributed by atoms with van der Waals surface area (Å²) < 4.78 is 29.6. The molecule has 2 heterocycles. The molecule has 2 aromatic rings. The van der Waals surface area contributed by atoms with Crippen molar-refractivity contribution < 1.29 is 17.6 Å². The van der Waals surface area contributed by atoms with Crippen LogP contribution in [0, 0.1) is 0 Å². The topological polar surface area (TPSA) is 89.3 Å². The summed E-state index contributed by atoms with van der Waals surface area (Å²) in [6, 6.07) is 1.76. The lowest BCUT2D eigenvalue weighted by Gasteiger charge is -2.12. The molecule has 0 spiro atoms. The van der Waals surface area contributed by atoms with Crippen molar-refractivity contribution in [1.29, 1.82) is 0 Å². The fourth-order valence-electron chi connectivity index (χ4n) is 1.78. The minimum Gasteiger partial charge on any atom is -0.472 e. The molecule has 0 unspecified atom stereocenters. The number of carbonyl (C=O) groups excluding carboxylic acids is 1. The number of nitrogens with zero attached hydrogens (tertiary/aromatic N) is 1. The Kier molecular flexibility index (Phi) is 5.36. The van der Waals surface area contributed by atoms with Crippen LogP contribution < -0.4 is 5.32 Å². The first-order chi connectivity index (χ1) is 10.4. The summed E-state index contributed by atoms with van der Waals surface area (Å²) in [7, 11) is -3.59. The Morgan fingerprint density at radius 1 is 1.50 bits per heavy atom. The first-order valence-electron chi connectivity index (χ1n) is 6.90. The lowest BCUT2D eigenvalue weighted by Crippen LogP contribution is -2.38. The first-order valence-corrected chi connectivity index (χ1v) is 9.49. The van der Waals surface area contributed by atoms with E-state index in [1.807, 2.05) is 6.92 Å². The van der Waals surface area contributed by atoms with Gasteiger partial charge in [0.15, 0.2) is 9.84 Å². The van der Waals surface area contributed by atoms with Gasteiger partial charge in [0.05, 0.1) is 17.7 Å². The van der Waals surface area contributed by atoms with E-state index in [-0.39, 0.29) is 5.75 Å². The van der Waals surface area contributed by atoms with Crippen LogP contribution in [0.25, 0.3) is 10.6 Å². The smallest absolute Gasteiger partial charge is 0.238 e. The Morgan fingerprint density at radius 3 is 2.91 bits per heavy atom. The Bertz CT molecular complexity index is 720. The second-order valence-corrected chi connectivity index (χ2v) is 8.08. The molecule has 0 aliphatic rings. The van der Waals surface area contributed by atoms with E-state index in [0.29, 0.717) is 17.2 Å². The summed E-state index contributed by atoms with van der Waals surface area (Å²) in [5.74, 6) is -0.714. The van der Waals surface area contributed by atoms with Crippen molar-refractivity contribution in [3.8, 4) is 10.6 Å². The second kappa shape index (κ2) is 7.06. The number of rotatable bonds is 7. The molecular weight excluding hydrogens is 324 g/mol. The fraction of sp³-hybridized carbons (Fsp3) is 0.429. The molecule has 0 saturated carbocycles. The lowest BCUT2D eigenvalue weighted by atomic mass is 10.4. The van der Waals surface area contributed by atoms with Crippen molar-refractivity contribution in [2.45, 2.75) is 31.3 Å². The predicted octanol–water partition coefficient (Wildman–Crippen LogP) is 2.23. The zero-order chi connectivity index (χ0) is 16.2. The zero-order valence-electron chi connectivity index (χ0n) is 12.4. The molecule has 0 fully saturated rings. The number of aromatic nitrogens is 1. The van der Waals surface area contributed by atoms with Crippen LogP contribution in [0.5, 0.6) is 0 Å². The minimum absolute atomic E-state index is 0.248. The van der Waals surface area contributed by atoms with Crippen LogP contribution in [0.3, 0.4) is 0 Å². The molecule has 2 aromatic heterocycles. The maximum atomic E-state index is 12.3. The quantitative estimate of drug-likeness (QED) is 0.833. The highest BCUT2D eigenvalue weighted by Crippen LogP contribution is 2.25. The van der Waals surface area contributed by atoms with E-state index in [2.05, 4.69) is 10.3 Å². The molecule has 0 bridgehead atoms. The highest BCUT2D eigenvalue weighted by atomic mass is 32.2. The SMILES string of the molecule is CCCNC(=O)[C@@H](C)S(=O)(=O)Cc1csc(-c2ccoc2)n1. The number of carbonyl (C=O) groups is 1. The van der Waals surface area contributed by atoms with Gasteiger partial charge >= 0.3 is 0 Å². The summed E-state index contributed by atoms with van der Waals surface area (Å²) in [5.41, 5.74) is 1.25. The molecule has 120 valence electrons. The van der Waals surface area contributed by atoms with Crippen molar-refractivity contribution in [1.82, 2.24) is 10.3 Å². The summed E-state index contributed by atoms with van der Waals surface area (Å²) in [6.45, 7) is 3.79. The van der Waals surface area contributed by atoms with Crippen molar-refractivity contribution in [2.75, 3.05) is 6.54 Å². The summed E-state index contributed by atoms with van der Waals surface area (Å²) >= 11 is 1.35. The average Bonchev–Trinajstić information content (AvgIpc) is 3.14. The van der Waals surface area contributed by atoms with Crippen LogP contribution in [0.4, 0.5) is 0 Å². The molecule has 2 rings (SSSR count). The van der Waals surface area contributed by atoms with E-state index in [4.69, 9.17) is 4.42 Å². The van der Waals surface area contributed by atoms with E-state index in [9.17, 15) is 13.2 Å². The standard InChI is InChI=1S/C14H18N2O4S2/c1-3-5-15-13(17)10(2)22(18,19)9-12-8-21-14(16-12)11-4-6-20-7-11/h4,6-8,10H,3,5,9H2,1-2H3,(H,15,17)/t10-/m1/s1.